The standard InChI is InChI=1S/C31H30N2O4/c1-5-9-21-16-17-36-31-24(29(21)32-37-20(4)34)13-15-27-28(31)25-18-22(12-14-26(25)33(27)6-2)30(35)23-11-8-7-10-19(23)3/h5,7-8,10-15,18,21H,1,6,9,16-17H2,2-4H3/b32-29+. The third kappa shape index (κ3) is 4.33. The molecule has 0 spiro atoms. The summed E-state index contributed by atoms with van der Waals surface area (Å²) in [5, 5.41) is 6.15. The highest BCUT2D eigenvalue weighted by Crippen LogP contribution is 2.41. The van der Waals surface area contributed by atoms with Gasteiger partial charge in [0.1, 0.15) is 5.75 Å². The molecule has 6 nitrogen and oxygen atoms in total. The van der Waals surface area contributed by atoms with Gasteiger partial charge in [-0.1, -0.05) is 35.5 Å². The lowest BCUT2D eigenvalue weighted by Gasteiger charge is -2.14. The Labute approximate surface area is 216 Å². The van der Waals surface area contributed by atoms with Gasteiger partial charge >= 0.3 is 5.97 Å². The van der Waals surface area contributed by atoms with Gasteiger partial charge in [-0.25, -0.2) is 4.79 Å². The molecule has 4 aromatic rings. The Balaban J connectivity index is 1.77. The number of ketones is 1. The minimum atomic E-state index is -0.473. The fourth-order valence-corrected chi connectivity index (χ4v) is 5.30. The topological polar surface area (TPSA) is 69.9 Å². The molecule has 3 aromatic carbocycles. The highest BCUT2D eigenvalue weighted by molar-refractivity contribution is 6.19. The Morgan fingerprint density at radius 1 is 1.16 bits per heavy atom. The van der Waals surface area contributed by atoms with Crippen LogP contribution in [0.1, 0.15) is 53.7 Å². The zero-order valence-electron chi connectivity index (χ0n) is 21.4. The van der Waals surface area contributed by atoms with E-state index in [9.17, 15) is 9.59 Å². The number of carbonyl (C=O) groups excluding carboxylic acids is 2. The Morgan fingerprint density at radius 2 is 1.95 bits per heavy atom. The molecule has 5 rings (SSSR count). The molecule has 0 bridgehead atoms. The molecule has 1 aromatic heterocycles. The van der Waals surface area contributed by atoms with Crippen molar-refractivity contribution in [2.24, 2.45) is 11.1 Å². The molecule has 1 atom stereocenters. The van der Waals surface area contributed by atoms with E-state index >= 15 is 0 Å². The van der Waals surface area contributed by atoms with Crippen molar-refractivity contribution < 1.29 is 19.2 Å². The summed E-state index contributed by atoms with van der Waals surface area (Å²) in [6, 6.07) is 17.6. The summed E-state index contributed by atoms with van der Waals surface area (Å²) in [7, 11) is 0. The number of nitrogens with zero attached hydrogens (tertiary/aromatic N) is 2. The molecule has 0 fully saturated rings. The van der Waals surface area contributed by atoms with Crippen LogP contribution in [0.2, 0.25) is 0 Å². The number of ether oxygens (including phenoxy) is 1. The number of benzene rings is 3. The number of oxime groups is 1. The number of allylic oxidation sites excluding steroid dienone is 1. The number of hydrogen-bond acceptors (Lipinski definition) is 5. The molecule has 1 aliphatic heterocycles. The van der Waals surface area contributed by atoms with E-state index in [-0.39, 0.29) is 11.7 Å². The molecule has 6 heteroatoms. The van der Waals surface area contributed by atoms with Crippen LogP contribution in [0.5, 0.6) is 5.75 Å². The number of rotatable bonds is 6. The maximum atomic E-state index is 13.5. The average Bonchev–Trinajstić information content (AvgIpc) is 3.11. The molecule has 1 unspecified atom stereocenters. The Morgan fingerprint density at radius 3 is 2.68 bits per heavy atom. The van der Waals surface area contributed by atoms with Crippen LogP contribution in [-0.4, -0.2) is 28.6 Å². The fourth-order valence-electron chi connectivity index (χ4n) is 5.30. The van der Waals surface area contributed by atoms with E-state index < -0.39 is 5.97 Å². The van der Waals surface area contributed by atoms with Crippen LogP contribution in [0.25, 0.3) is 21.8 Å². The molecule has 0 radical (unpaired) electrons. The molecule has 2 heterocycles. The van der Waals surface area contributed by atoms with Gasteiger partial charge in [-0.05, 0) is 62.6 Å². The van der Waals surface area contributed by atoms with Gasteiger partial charge in [0.15, 0.2) is 5.78 Å². The number of aromatic nitrogens is 1. The van der Waals surface area contributed by atoms with Crippen LogP contribution < -0.4 is 4.74 Å². The number of hydrogen-bond donors (Lipinski definition) is 0. The van der Waals surface area contributed by atoms with Crippen molar-refractivity contribution in [2.75, 3.05) is 6.61 Å². The van der Waals surface area contributed by atoms with Crippen LogP contribution >= 0.6 is 0 Å². The lowest BCUT2D eigenvalue weighted by molar-refractivity contribution is -0.140. The molecule has 0 saturated carbocycles. The Hall–Kier alpha value is -4.19. The maximum Gasteiger partial charge on any atom is 0.331 e. The van der Waals surface area contributed by atoms with Crippen molar-refractivity contribution in [3.63, 3.8) is 0 Å². The first-order valence-corrected chi connectivity index (χ1v) is 12.6. The quantitative estimate of drug-likeness (QED) is 0.131. The number of carbonyl (C=O) groups is 2. The molecule has 0 aliphatic carbocycles. The highest BCUT2D eigenvalue weighted by atomic mass is 16.7. The molecule has 0 amide bonds. The zero-order valence-corrected chi connectivity index (χ0v) is 21.4. The number of aryl methyl sites for hydroxylation is 2. The van der Waals surface area contributed by atoms with Crippen molar-refractivity contribution in [1.82, 2.24) is 4.57 Å². The average molecular weight is 495 g/mol. The van der Waals surface area contributed by atoms with Gasteiger partial charge in [0.2, 0.25) is 0 Å². The predicted molar refractivity (Wildman–Crippen MR) is 146 cm³/mol. The molecule has 37 heavy (non-hydrogen) atoms. The summed E-state index contributed by atoms with van der Waals surface area (Å²) in [5.41, 5.74) is 5.78. The zero-order chi connectivity index (χ0) is 26.1. The van der Waals surface area contributed by atoms with E-state index in [2.05, 4.69) is 29.3 Å². The van der Waals surface area contributed by atoms with Crippen LogP contribution in [0, 0.1) is 12.8 Å². The first-order chi connectivity index (χ1) is 17.9. The first-order valence-electron chi connectivity index (χ1n) is 12.6. The van der Waals surface area contributed by atoms with Gasteiger partial charge in [-0.2, -0.15) is 0 Å². The Kier molecular flexibility index (Phi) is 6.66. The van der Waals surface area contributed by atoms with Crippen molar-refractivity contribution in [2.45, 2.75) is 40.2 Å². The monoisotopic (exact) mass is 494 g/mol. The van der Waals surface area contributed by atoms with Crippen LogP contribution in [-0.2, 0) is 16.2 Å². The molecule has 1 aliphatic rings. The minimum Gasteiger partial charge on any atom is -0.492 e. The summed E-state index contributed by atoms with van der Waals surface area (Å²) in [5.74, 6) is 0.226. The van der Waals surface area contributed by atoms with Crippen LogP contribution in [0.3, 0.4) is 0 Å². The lowest BCUT2D eigenvalue weighted by Crippen LogP contribution is -2.16. The molecular weight excluding hydrogens is 464 g/mol. The van der Waals surface area contributed by atoms with E-state index in [0.29, 0.717) is 42.0 Å². The van der Waals surface area contributed by atoms with Crippen LogP contribution in [0.15, 0.2) is 72.4 Å². The van der Waals surface area contributed by atoms with Gasteiger partial charge in [0, 0.05) is 47.0 Å². The molecule has 0 N–H and O–H groups in total. The van der Waals surface area contributed by atoms with E-state index in [0.717, 1.165) is 39.5 Å². The predicted octanol–water partition coefficient (Wildman–Crippen LogP) is 6.60. The van der Waals surface area contributed by atoms with Gasteiger partial charge in [0.05, 0.1) is 23.2 Å². The van der Waals surface area contributed by atoms with Gasteiger partial charge in [-0.15, -0.1) is 6.58 Å². The van der Waals surface area contributed by atoms with E-state index in [4.69, 9.17) is 9.57 Å². The second-order valence-corrected chi connectivity index (χ2v) is 9.37. The second kappa shape index (κ2) is 10.1. The highest BCUT2D eigenvalue weighted by Gasteiger charge is 2.28. The van der Waals surface area contributed by atoms with Crippen LogP contribution in [0.4, 0.5) is 0 Å². The normalized spacial score (nSPS) is 16.3. The molecular formula is C31H30N2O4. The van der Waals surface area contributed by atoms with E-state index in [1.54, 1.807) is 0 Å². The summed E-state index contributed by atoms with van der Waals surface area (Å²) in [6.45, 7) is 10.5. The van der Waals surface area contributed by atoms with E-state index in [1.807, 2.05) is 61.5 Å². The smallest absolute Gasteiger partial charge is 0.331 e. The van der Waals surface area contributed by atoms with Crippen molar-refractivity contribution in [3.05, 3.63) is 89.5 Å². The van der Waals surface area contributed by atoms with Crippen molar-refractivity contribution in [1.29, 1.82) is 0 Å². The molecule has 188 valence electrons. The third-order valence-corrected chi connectivity index (χ3v) is 7.05. The minimum absolute atomic E-state index is 0.00766. The third-order valence-electron chi connectivity index (χ3n) is 7.05. The largest absolute Gasteiger partial charge is 0.492 e. The summed E-state index contributed by atoms with van der Waals surface area (Å²) in [4.78, 5) is 30.2. The van der Waals surface area contributed by atoms with E-state index in [1.165, 1.54) is 6.92 Å². The first kappa shape index (κ1) is 24.5. The Bertz CT molecular complexity index is 1580. The van der Waals surface area contributed by atoms with Gasteiger partial charge < -0.3 is 14.1 Å². The molecule has 0 saturated heterocycles. The van der Waals surface area contributed by atoms with Crippen molar-refractivity contribution in [3.8, 4) is 5.75 Å². The van der Waals surface area contributed by atoms with Gasteiger partial charge in [-0.3, -0.25) is 4.79 Å². The summed E-state index contributed by atoms with van der Waals surface area (Å²) >= 11 is 0. The lowest BCUT2D eigenvalue weighted by atomic mass is 9.90. The number of fused-ring (bicyclic) bond motifs is 5. The van der Waals surface area contributed by atoms with Crippen molar-refractivity contribution >= 4 is 39.3 Å². The fraction of sp³-hybridized carbons (Fsp3) is 0.258. The second-order valence-electron chi connectivity index (χ2n) is 9.37. The maximum absolute atomic E-state index is 13.5. The summed E-state index contributed by atoms with van der Waals surface area (Å²) < 4.78 is 8.62. The SMILES string of the molecule is C=CCC1CCOc2c(ccc3c2c2cc(C(=O)c4ccccc4C)ccc2n3CC)/C1=N/OC(C)=O. The van der Waals surface area contributed by atoms with Gasteiger partial charge in [0.25, 0.3) is 0 Å². The summed E-state index contributed by atoms with van der Waals surface area (Å²) in [6.07, 6.45) is 3.25.